The summed E-state index contributed by atoms with van der Waals surface area (Å²) in [4.78, 5) is 12.5. The topological polar surface area (TPSA) is 60.8 Å². The molecule has 20 heavy (non-hydrogen) atoms. The zero-order valence-corrected chi connectivity index (χ0v) is 10.5. The van der Waals surface area contributed by atoms with E-state index in [0.717, 1.165) is 10.5 Å². The first-order valence-corrected chi connectivity index (χ1v) is 6.10. The molecular formula is C13H14F3NO3. The Bertz CT molecular complexity index is 504. The highest BCUT2D eigenvalue weighted by molar-refractivity contribution is 5.76. The number of aliphatic hydroxyl groups excluding tert-OH is 1. The maximum absolute atomic E-state index is 12.4. The second-order valence-corrected chi connectivity index (χ2v) is 4.74. The van der Waals surface area contributed by atoms with E-state index in [1.54, 1.807) is 24.3 Å². The van der Waals surface area contributed by atoms with Crippen molar-refractivity contribution in [1.29, 1.82) is 0 Å². The fraction of sp³-hybridized carbons (Fsp3) is 0.462. The molecule has 1 aliphatic heterocycles. The van der Waals surface area contributed by atoms with E-state index in [0.29, 0.717) is 12.0 Å². The molecule has 0 amide bonds. The predicted octanol–water partition coefficient (Wildman–Crippen LogP) is 1.59. The predicted molar refractivity (Wildman–Crippen MR) is 64.2 cm³/mol. The Labute approximate surface area is 113 Å². The molecule has 2 N–H and O–H groups in total. The van der Waals surface area contributed by atoms with Crippen molar-refractivity contribution >= 4 is 5.97 Å². The third kappa shape index (κ3) is 2.94. The quantitative estimate of drug-likeness (QED) is 0.887. The van der Waals surface area contributed by atoms with Crippen LogP contribution in [-0.4, -0.2) is 46.5 Å². The van der Waals surface area contributed by atoms with Crippen LogP contribution in [0.2, 0.25) is 0 Å². The molecule has 2 rings (SSSR count). The molecule has 0 bridgehead atoms. The van der Waals surface area contributed by atoms with Gasteiger partial charge in [0.2, 0.25) is 0 Å². The third-order valence-electron chi connectivity index (χ3n) is 3.40. The van der Waals surface area contributed by atoms with E-state index in [1.807, 2.05) is 0 Å². The number of benzene rings is 1. The fourth-order valence-electron chi connectivity index (χ4n) is 2.43. The largest absolute Gasteiger partial charge is 0.480 e. The van der Waals surface area contributed by atoms with Crippen LogP contribution < -0.4 is 0 Å². The molecule has 110 valence electrons. The minimum absolute atomic E-state index is 0.168. The molecule has 0 aromatic heterocycles. The zero-order chi connectivity index (χ0) is 14.9. The Morgan fingerprint density at radius 3 is 2.65 bits per heavy atom. The van der Waals surface area contributed by atoms with Crippen molar-refractivity contribution in [2.24, 2.45) is 0 Å². The van der Waals surface area contributed by atoms with E-state index < -0.39 is 30.8 Å². The molecule has 0 fully saturated rings. The fourth-order valence-corrected chi connectivity index (χ4v) is 2.43. The number of aliphatic carboxylic acids is 1. The van der Waals surface area contributed by atoms with E-state index in [2.05, 4.69) is 0 Å². The summed E-state index contributed by atoms with van der Waals surface area (Å²) in [5.74, 6) is -1.22. The average molecular weight is 289 g/mol. The van der Waals surface area contributed by atoms with Crippen molar-refractivity contribution in [2.45, 2.75) is 24.7 Å². The van der Waals surface area contributed by atoms with Crippen molar-refractivity contribution in [3.63, 3.8) is 0 Å². The summed E-state index contributed by atoms with van der Waals surface area (Å²) in [5, 5.41) is 18.4. The molecule has 0 saturated carbocycles. The van der Waals surface area contributed by atoms with Crippen LogP contribution in [0.15, 0.2) is 24.3 Å². The number of carboxylic acid groups (broad SMARTS) is 1. The minimum Gasteiger partial charge on any atom is -0.480 e. The van der Waals surface area contributed by atoms with Crippen molar-refractivity contribution in [3.8, 4) is 0 Å². The Balaban J connectivity index is 2.25. The van der Waals surface area contributed by atoms with E-state index in [4.69, 9.17) is 5.11 Å². The van der Waals surface area contributed by atoms with Gasteiger partial charge >= 0.3 is 12.1 Å². The van der Waals surface area contributed by atoms with Gasteiger partial charge in [-0.3, -0.25) is 9.69 Å². The van der Waals surface area contributed by atoms with Crippen LogP contribution in [0.3, 0.4) is 0 Å². The van der Waals surface area contributed by atoms with Gasteiger partial charge in [0, 0.05) is 13.1 Å². The lowest BCUT2D eigenvalue weighted by Gasteiger charge is -2.36. The zero-order valence-electron chi connectivity index (χ0n) is 10.5. The van der Waals surface area contributed by atoms with Crippen molar-refractivity contribution < 1.29 is 28.2 Å². The molecule has 0 saturated heterocycles. The Morgan fingerprint density at radius 1 is 1.40 bits per heavy atom. The third-order valence-corrected chi connectivity index (χ3v) is 3.40. The summed E-state index contributed by atoms with van der Waals surface area (Å²) in [5.41, 5.74) is 1.30. The molecule has 2 unspecified atom stereocenters. The second kappa shape index (κ2) is 5.41. The standard InChI is InChI=1S/C13H14F3NO3/c14-13(15,16)10(18)7-17-6-5-8-3-1-2-4-9(8)11(17)12(19)20/h1-4,10-11,18H,5-7H2,(H,19,20). The van der Waals surface area contributed by atoms with Crippen molar-refractivity contribution in [3.05, 3.63) is 35.4 Å². The number of rotatable bonds is 3. The van der Waals surface area contributed by atoms with Gasteiger partial charge in [0.15, 0.2) is 6.10 Å². The van der Waals surface area contributed by atoms with E-state index >= 15 is 0 Å². The summed E-state index contributed by atoms with van der Waals surface area (Å²) in [6.07, 6.45) is -6.83. The number of nitrogens with zero attached hydrogens (tertiary/aromatic N) is 1. The molecule has 1 aromatic carbocycles. The molecule has 7 heteroatoms. The van der Waals surface area contributed by atoms with E-state index in [-0.39, 0.29) is 6.54 Å². The van der Waals surface area contributed by atoms with Crippen molar-refractivity contribution in [2.75, 3.05) is 13.1 Å². The van der Waals surface area contributed by atoms with Gasteiger partial charge in [-0.25, -0.2) is 0 Å². The van der Waals surface area contributed by atoms with Gasteiger partial charge in [0.25, 0.3) is 0 Å². The summed E-state index contributed by atoms with van der Waals surface area (Å²) in [6.45, 7) is -0.573. The summed E-state index contributed by atoms with van der Waals surface area (Å²) in [6, 6.07) is 5.62. The lowest BCUT2D eigenvalue weighted by Crippen LogP contribution is -2.47. The summed E-state index contributed by atoms with van der Waals surface area (Å²) < 4.78 is 37.2. The van der Waals surface area contributed by atoms with Crippen LogP contribution in [0, 0.1) is 0 Å². The van der Waals surface area contributed by atoms with Crippen molar-refractivity contribution in [1.82, 2.24) is 4.90 Å². The number of carboxylic acids is 1. The van der Waals surface area contributed by atoms with Crippen LogP contribution in [-0.2, 0) is 11.2 Å². The van der Waals surface area contributed by atoms with Crippen LogP contribution in [0.5, 0.6) is 0 Å². The van der Waals surface area contributed by atoms with E-state index in [1.165, 1.54) is 0 Å². The van der Waals surface area contributed by atoms with Gasteiger partial charge in [-0.1, -0.05) is 24.3 Å². The number of hydrogen-bond donors (Lipinski definition) is 2. The molecule has 2 atom stereocenters. The maximum atomic E-state index is 12.4. The minimum atomic E-state index is -4.75. The lowest BCUT2D eigenvalue weighted by atomic mass is 9.92. The molecule has 1 aliphatic rings. The molecule has 1 aromatic rings. The molecule has 0 radical (unpaired) electrons. The first-order chi connectivity index (χ1) is 9.30. The molecule has 1 heterocycles. The number of carbonyl (C=O) groups is 1. The molecule has 0 aliphatic carbocycles. The Hall–Kier alpha value is -1.60. The molecule has 0 spiro atoms. The second-order valence-electron chi connectivity index (χ2n) is 4.74. The monoisotopic (exact) mass is 289 g/mol. The Morgan fingerprint density at radius 2 is 2.05 bits per heavy atom. The molecule has 4 nitrogen and oxygen atoms in total. The number of hydrogen-bond acceptors (Lipinski definition) is 3. The SMILES string of the molecule is O=C(O)C1c2ccccc2CCN1CC(O)C(F)(F)F. The Kier molecular flexibility index (Phi) is 4.01. The average Bonchev–Trinajstić information content (AvgIpc) is 2.36. The maximum Gasteiger partial charge on any atom is 0.415 e. The number of aliphatic hydroxyl groups is 1. The van der Waals surface area contributed by atoms with Gasteiger partial charge in [-0.15, -0.1) is 0 Å². The smallest absolute Gasteiger partial charge is 0.415 e. The lowest BCUT2D eigenvalue weighted by molar-refractivity contribution is -0.210. The van der Waals surface area contributed by atoms with Crippen LogP contribution in [0.25, 0.3) is 0 Å². The van der Waals surface area contributed by atoms with E-state index in [9.17, 15) is 23.1 Å². The van der Waals surface area contributed by atoms with Gasteiger partial charge in [0.1, 0.15) is 6.04 Å². The van der Waals surface area contributed by atoms with Gasteiger partial charge in [-0.2, -0.15) is 13.2 Å². The summed E-state index contributed by atoms with van der Waals surface area (Å²) >= 11 is 0. The highest BCUT2D eigenvalue weighted by atomic mass is 19.4. The van der Waals surface area contributed by atoms with Gasteiger partial charge in [0.05, 0.1) is 0 Å². The van der Waals surface area contributed by atoms with Gasteiger partial charge in [-0.05, 0) is 17.5 Å². The van der Waals surface area contributed by atoms with Crippen LogP contribution >= 0.6 is 0 Å². The highest BCUT2D eigenvalue weighted by Crippen LogP contribution is 2.31. The van der Waals surface area contributed by atoms with Gasteiger partial charge < -0.3 is 10.2 Å². The number of alkyl halides is 3. The van der Waals surface area contributed by atoms with Crippen LogP contribution in [0.1, 0.15) is 17.2 Å². The number of β-amino-alcohol motifs (C(OH)–C–C–N with tert-alkyl or cyclic N) is 1. The molecular weight excluding hydrogens is 275 g/mol. The number of fused-ring (bicyclic) bond motifs is 1. The summed E-state index contributed by atoms with van der Waals surface area (Å²) in [7, 11) is 0. The first kappa shape index (κ1) is 14.8. The first-order valence-electron chi connectivity index (χ1n) is 6.10. The normalized spacial score (nSPS) is 21.3. The number of halogens is 3. The highest BCUT2D eigenvalue weighted by Gasteiger charge is 2.42. The van der Waals surface area contributed by atoms with Crippen LogP contribution in [0.4, 0.5) is 13.2 Å².